The Morgan fingerprint density at radius 3 is 2.37 bits per heavy atom. The Hall–Kier alpha value is -3.07. The van der Waals surface area contributed by atoms with E-state index in [2.05, 4.69) is 10.3 Å². The summed E-state index contributed by atoms with van der Waals surface area (Å²) in [6.07, 6.45) is -6.94. The second kappa shape index (κ2) is 12.2. The molecule has 2 aromatic rings. The van der Waals surface area contributed by atoms with Crippen LogP contribution in [0.2, 0.25) is 0 Å². The van der Waals surface area contributed by atoms with Gasteiger partial charge in [-0.1, -0.05) is 36.9 Å². The number of aliphatic hydroxyl groups is 3. The standard InChI is InChI=1S/C25H28N2O10S/c1-2-12-5-8-15(26-10-12)16(36-24-20(30)18(28)19(29)21(37-24)23(32)33)11-35-14-6-3-13(4-7-14)9-17-22(31)27-25(34)38-17/h3-8,10,16-21,24,28-30H,2,9,11H2,1H3,(H,32,33)(H,27,31,34)/t16?,17?,18-,19-,20+,21-,24+/m0/s1. The Balaban J connectivity index is 1.46. The molecule has 38 heavy (non-hydrogen) atoms. The number of benzene rings is 1. The van der Waals surface area contributed by atoms with Gasteiger partial charge in [0.1, 0.15) is 36.8 Å². The zero-order valence-electron chi connectivity index (χ0n) is 20.3. The number of rotatable bonds is 10. The number of thioether (sulfide) groups is 1. The molecule has 2 saturated heterocycles. The van der Waals surface area contributed by atoms with E-state index in [4.69, 9.17) is 14.2 Å². The van der Waals surface area contributed by atoms with Gasteiger partial charge in [-0.05, 0) is 42.2 Å². The third-order valence-electron chi connectivity index (χ3n) is 6.21. The van der Waals surface area contributed by atoms with Crippen molar-refractivity contribution in [2.75, 3.05) is 6.61 Å². The summed E-state index contributed by atoms with van der Waals surface area (Å²) in [5, 5.41) is 41.2. The van der Waals surface area contributed by atoms with Crippen LogP contribution in [0.5, 0.6) is 5.75 Å². The van der Waals surface area contributed by atoms with Crippen molar-refractivity contribution in [1.29, 1.82) is 0 Å². The number of carbonyl (C=O) groups is 3. The number of ether oxygens (including phenoxy) is 3. The highest BCUT2D eigenvalue weighted by atomic mass is 32.2. The average molecular weight is 549 g/mol. The molecule has 1 aromatic heterocycles. The summed E-state index contributed by atoms with van der Waals surface area (Å²) in [7, 11) is 0. The van der Waals surface area contributed by atoms with Gasteiger partial charge in [-0.15, -0.1) is 0 Å². The van der Waals surface area contributed by atoms with E-state index >= 15 is 0 Å². The maximum atomic E-state index is 11.8. The molecule has 12 nitrogen and oxygen atoms in total. The monoisotopic (exact) mass is 548 g/mol. The van der Waals surface area contributed by atoms with Crippen LogP contribution in [0.15, 0.2) is 42.6 Å². The number of aliphatic carboxylic acids is 1. The number of aromatic nitrogens is 1. The van der Waals surface area contributed by atoms with Crippen molar-refractivity contribution in [3.05, 3.63) is 59.4 Å². The van der Waals surface area contributed by atoms with E-state index in [9.17, 15) is 34.8 Å². The van der Waals surface area contributed by atoms with Crippen molar-refractivity contribution >= 4 is 28.9 Å². The van der Waals surface area contributed by atoms with Gasteiger partial charge in [-0.25, -0.2) is 4.79 Å². The van der Waals surface area contributed by atoms with Crippen LogP contribution >= 0.6 is 11.8 Å². The fourth-order valence-corrected chi connectivity index (χ4v) is 4.85. The summed E-state index contributed by atoms with van der Waals surface area (Å²) in [4.78, 5) is 39.0. The zero-order valence-corrected chi connectivity index (χ0v) is 21.1. The highest BCUT2D eigenvalue weighted by molar-refractivity contribution is 8.15. The van der Waals surface area contributed by atoms with Crippen molar-refractivity contribution in [3.63, 3.8) is 0 Å². The Labute approximate surface area is 221 Å². The molecule has 2 fully saturated rings. The van der Waals surface area contributed by atoms with Crippen LogP contribution in [0.25, 0.3) is 0 Å². The maximum absolute atomic E-state index is 11.8. The Kier molecular flexibility index (Phi) is 8.97. The average Bonchev–Trinajstić information content (AvgIpc) is 3.23. The molecule has 204 valence electrons. The van der Waals surface area contributed by atoms with Crippen LogP contribution in [-0.2, 0) is 31.9 Å². The van der Waals surface area contributed by atoms with Crippen LogP contribution in [0.4, 0.5) is 4.79 Å². The minimum absolute atomic E-state index is 0.115. The third kappa shape index (κ3) is 6.49. The van der Waals surface area contributed by atoms with Gasteiger partial charge >= 0.3 is 5.97 Å². The summed E-state index contributed by atoms with van der Waals surface area (Å²) in [6, 6.07) is 10.4. The zero-order chi connectivity index (χ0) is 27.4. The molecule has 1 aromatic carbocycles. The minimum Gasteiger partial charge on any atom is -0.490 e. The van der Waals surface area contributed by atoms with Gasteiger partial charge in [0, 0.05) is 6.20 Å². The van der Waals surface area contributed by atoms with Crippen LogP contribution < -0.4 is 10.1 Å². The first-order valence-corrected chi connectivity index (χ1v) is 12.8. The molecular formula is C25H28N2O10S. The van der Waals surface area contributed by atoms with E-state index in [1.165, 1.54) is 0 Å². The van der Waals surface area contributed by atoms with E-state index in [0.717, 1.165) is 29.3 Å². The van der Waals surface area contributed by atoms with E-state index < -0.39 is 48.0 Å². The molecule has 0 saturated carbocycles. The number of imide groups is 1. The third-order valence-corrected chi connectivity index (χ3v) is 7.19. The van der Waals surface area contributed by atoms with Gasteiger partial charge in [0.15, 0.2) is 12.4 Å². The predicted molar refractivity (Wildman–Crippen MR) is 132 cm³/mol. The van der Waals surface area contributed by atoms with Crippen molar-refractivity contribution in [2.24, 2.45) is 0 Å². The van der Waals surface area contributed by atoms with Crippen LogP contribution in [-0.4, -0.2) is 85.1 Å². The highest BCUT2D eigenvalue weighted by Gasteiger charge is 2.48. The fraction of sp³-hybridized carbons (Fsp3) is 0.440. The van der Waals surface area contributed by atoms with Crippen LogP contribution in [0.3, 0.4) is 0 Å². The second-order valence-electron chi connectivity index (χ2n) is 8.85. The molecule has 0 spiro atoms. The quantitative estimate of drug-likeness (QED) is 0.278. The lowest BCUT2D eigenvalue weighted by Gasteiger charge is -2.39. The Morgan fingerprint density at radius 1 is 1.08 bits per heavy atom. The van der Waals surface area contributed by atoms with Crippen molar-refractivity contribution < 1.29 is 49.0 Å². The number of carbonyl (C=O) groups excluding carboxylic acids is 2. The topological polar surface area (TPSA) is 185 Å². The van der Waals surface area contributed by atoms with Gasteiger partial charge in [0.2, 0.25) is 5.91 Å². The van der Waals surface area contributed by atoms with Crippen molar-refractivity contribution in [1.82, 2.24) is 10.3 Å². The first kappa shape index (κ1) is 28.0. The summed E-state index contributed by atoms with van der Waals surface area (Å²) >= 11 is 0.949. The van der Waals surface area contributed by atoms with Crippen molar-refractivity contribution in [3.8, 4) is 5.75 Å². The number of nitrogens with one attached hydrogen (secondary N) is 1. The molecular weight excluding hydrogens is 520 g/mol. The van der Waals surface area contributed by atoms with Gasteiger partial charge in [-0.3, -0.25) is 19.9 Å². The molecule has 4 rings (SSSR count). The van der Waals surface area contributed by atoms with E-state index in [-0.39, 0.29) is 17.8 Å². The van der Waals surface area contributed by atoms with Crippen LogP contribution in [0.1, 0.15) is 29.8 Å². The molecule has 7 atom stereocenters. The molecule has 0 radical (unpaired) electrons. The molecule has 13 heteroatoms. The molecule has 5 N–H and O–H groups in total. The lowest BCUT2D eigenvalue weighted by atomic mass is 9.99. The molecule has 0 aliphatic carbocycles. The first-order valence-electron chi connectivity index (χ1n) is 11.9. The number of pyridine rings is 1. The fourth-order valence-electron chi connectivity index (χ4n) is 3.99. The lowest BCUT2D eigenvalue weighted by Crippen LogP contribution is -2.60. The SMILES string of the molecule is CCc1ccc(C(COc2ccc(CC3SC(=O)NC3=O)cc2)O[C@@H]2O[C@H](C(=O)O)[C@@H](O)[C@H](O)[C@H]2O)nc1. The Morgan fingerprint density at radius 2 is 1.79 bits per heavy atom. The number of carboxylic acid groups (broad SMARTS) is 1. The lowest BCUT2D eigenvalue weighted by molar-refractivity contribution is -0.307. The summed E-state index contributed by atoms with van der Waals surface area (Å²) in [6.45, 7) is 1.86. The number of hydrogen-bond acceptors (Lipinski definition) is 11. The van der Waals surface area contributed by atoms with Gasteiger partial charge < -0.3 is 34.6 Å². The molecule has 2 amide bonds. The maximum Gasteiger partial charge on any atom is 0.335 e. The van der Waals surface area contributed by atoms with Gasteiger partial charge in [0.25, 0.3) is 5.24 Å². The number of carboxylic acids is 1. The molecule has 2 unspecified atom stereocenters. The summed E-state index contributed by atoms with van der Waals surface area (Å²) in [5.74, 6) is -1.39. The van der Waals surface area contributed by atoms with E-state index in [1.54, 1.807) is 36.5 Å². The van der Waals surface area contributed by atoms with E-state index in [1.807, 2.05) is 13.0 Å². The normalized spacial score (nSPS) is 28.1. The number of aryl methyl sites for hydroxylation is 1. The van der Waals surface area contributed by atoms with Gasteiger partial charge in [-0.2, -0.15) is 0 Å². The second-order valence-corrected chi connectivity index (χ2v) is 10.0. The molecule has 3 heterocycles. The number of aliphatic hydroxyl groups excluding tert-OH is 3. The first-order chi connectivity index (χ1) is 18.2. The number of amides is 2. The van der Waals surface area contributed by atoms with Crippen molar-refractivity contribution in [2.45, 2.75) is 61.8 Å². The number of hydrogen-bond donors (Lipinski definition) is 5. The summed E-state index contributed by atoms with van der Waals surface area (Å²) < 4.78 is 17.0. The van der Waals surface area contributed by atoms with Gasteiger partial charge in [0.05, 0.1) is 10.9 Å². The molecule has 2 aliphatic rings. The number of nitrogens with zero attached hydrogens (tertiary/aromatic N) is 1. The predicted octanol–water partition coefficient (Wildman–Crippen LogP) is 0.567. The van der Waals surface area contributed by atoms with E-state index in [0.29, 0.717) is 17.9 Å². The van der Waals surface area contributed by atoms with Crippen LogP contribution in [0, 0.1) is 0 Å². The Bertz CT molecular complexity index is 1150. The molecule has 2 aliphatic heterocycles. The highest BCUT2D eigenvalue weighted by Crippen LogP contribution is 2.29. The summed E-state index contributed by atoms with van der Waals surface area (Å²) in [5.41, 5.74) is 2.21. The smallest absolute Gasteiger partial charge is 0.335 e. The minimum atomic E-state index is -1.84. The largest absolute Gasteiger partial charge is 0.490 e. The molecule has 0 bridgehead atoms.